The summed E-state index contributed by atoms with van der Waals surface area (Å²) in [6.07, 6.45) is 1.18. The van der Waals surface area contributed by atoms with Crippen LogP contribution in [-0.4, -0.2) is 145 Å². The van der Waals surface area contributed by atoms with Gasteiger partial charge in [0.05, 0.1) is 48.8 Å². The average Bonchev–Trinajstić information content (AvgIpc) is 3.70. The van der Waals surface area contributed by atoms with Crippen LogP contribution in [0.15, 0.2) is 30.3 Å². The number of hydrogen-bond acceptors (Lipinski definition) is 11. The first kappa shape index (κ1) is 52.1. The first-order valence-electron chi connectivity index (χ1n) is 20.9. The molecule has 5 amide bonds. The van der Waals surface area contributed by atoms with Gasteiger partial charge < -0.3 is 39.8 Å². The van der Waals surface area contributed by atoms with Crippen LogP contribution in [0.5, 0.6) is 0 Å². The third-order valence-electron chi connectivity index (χ3n) is 11.6. The normalized spacial score (nSPS) is 18.8. The molecule has 0 aliphatic carbocycles. The molecule has 1 aromatic rings. The molecule has 0 bridgehead atoms. The number of aliphatic hydroxyl groups is 1. The van der Waals surface area contributed by atoms with Gasteiger partial charge in [0.25, 0.3) is 0 Å². The Morgan fingerprint density at radius 3 is 2.10 bits per heavy atom. The van der Waals surface area contributed by atoms with Gasteiger partial charge >= 0.3 is 6.09 Å². The van der Waals surface area contributed by atoms with Gasteiger partial charge in [-0.05, 0) is 49.3 Å². The van der Waals surface area contributed by atoms with Crippen LogP contribution < -0.4 is 10.6 Å². The van der Waals surface area contributed by atoms with E-state index in [1.165, 1.54) is 19.1 Å². The first-order valence-corrected chi connectivity index (χ1v) is 23.6. The zero-order valence-electron chi connectivity index (χ0n) is 37.6. The third-order valence-corrected chi connectivity index (χ3v) is 13.4. The molecule has 59 heavy (non-hydrogen) atoms. The molecule has 1 aliphatic rings. The molecule has 14 nitrogen and oxygen atoms in total. The number of amides is 5. The molecular weight excluding hydrogens is 795 g/mol. The van der Waals surface area contributed by atoms with E-state index in [0.29, 0.717) is 30.7 Å². The largest absolute Gasteiger partial charge is 0.448 e. The SMILES string of the molecule is CC[C@H](C)[C@@H]([C@@H](CC(=O)N1CCC[C@H]1[C@H](OC)[C@@H](C)C(=O)N[C@H](C)[C@@H](O)c1ccccc1)OC)N(C)C(=O)[C@@H](NC(=O)C(C(C)C)N(C)C(=O)OCCSSC)C(C)C. The predicted molar refractivity (Wildman–Crippen MR) is 236 cm³/mol. The highest BCUT2D eigenvalue weighted by Gasteiger charge is 2.43. The second-order valence-corrected chi connectivity index (χ2v) is 19.1. The molecule has 1 fully saturated rings. The standard InChI is InChI=1S/C43H73N5O9S2/c1-14-28(6)37(46(9)42(53)35(26(2)3)45-41(52)36(27(4)5)47(10)43(54)57-23-24-59-58-13)33(55-11)25-34(49)48-22-18-21-32(48)39(56-12)29(7)40(51)44-30(8)38(50)31-19-16-15-17-20-31/h15-17,19-20,26-30,32-33,35-39,50H,14,18,21-25H2,1-13H3,(H,44,51)(H,45,52)/t28-,29+,30+,32-,33+,35-,36?,37-,38+,39+/m0/s1. The minimum absolute atomic E-state index is 0.0204. The highest BCUT2D eigenvalue weighted by Crippen LogP contribution is 2.30. The van der Waals surface area contributed by atoms with Crippen molar-refractivity contribution in [1.82, 2.24) is 25.3 Å². The van der Waals surface area contributed by atoms with Crippen LogP contribution in [0.1, 0.15) is 92.7 Å². The van der Waals surface area contributed by atoms with E-state index in [1.807, 2.05) is 78.1 Å². The van der Waals surface area contributed by atoms with E-state index >= 15 is 0 Å². The summed E-state index contributed by atoms with van der Waals surface area (Å²) in [6, 6.07) is 5.87. The number of nitrogens with one attached hydrogen (secondary N) is 2. The van der Waals surface area contributed by atoms with Gasteiger partial charge in [-0.25, -0.2) is 4.79 Å². The second kappa shape index (κ2) is 25.7. The number of likely N-dealkylation sites (tertiary alicyclic amines) is 1. The summed E-state index contributed by atoms with van der Waals surface area (Å²) in [7, 11) is 9.43. The van der Waals surface area contributed by atoms with Crippen molar-refractivity contribution in [1.29, 1.82) is 0 Å². The van der Waals surface area contributed by atoms with Gasteiger partial charge in [0.2, 0.25) is 23.6 Å². The molecule has 1 aromatic carbocycles. The van der Waals surface area contributed by atoms with Crippen LogP contribution in [0, 0.1) is 23.7 Å². The van der Waals surface area contributed by atoms with Crippen molar-refractivity contribution in [3.63, 3.8) is 0 Å². The summed E-state index contributed by atoms with van der Waals surface area (Å²) in [5.41, 5.74) is 0.697. The van der Waals surface area contributed by atoms with Crippen LogP contribution in [0.2, 0.25) is 0 Å². The van der Waals surface area contributed by atoms with Crippen molar-refractivity contribution in [2.45, 2.75) is 130 Å². The zero-order chi connectivity index (χ0) is 44.6. The van der Waals surface area contributed by atoms with E-state index < -0.39 is 60.4 Å². The maximum Gasteiger partial charge on any atom is 0.410 e. The summed E-state index contributed by atoms with van der Waals surface area (Å²) in [5.74, 6) is -1.94. The quantitative estimate of drug-likeness (QED) is 0.0901. The van der Waals surface area contributed by atoms with E-state index in [-0.39, 0.29) is 54.5 Å². The molecule has 16 heteroatoms. The molecule has 1 unspecified atom stereocenters. The first-order chi connectivity index (χ1) is 27.9. The number of aliphatic hydroxyl groups excluding tert-OH is 1. The van der Waals surface area contributed by atoms with Crippen LogP contribution in [0.25, 0.3) is 0 Å². The van der Waals surface area contributed by atoms with Crippen molar-refractivity contribution >= 4 is 51.3 Å². The summed E-state index contributed by atoms with van der Waals surface area (Å²) in [4.78, 5) is 73.7. The number of methoxy groups -OCH3 is 2. The summed E-state index contributed by atoms with van der Waals surface area (Å²) in [5, 5.41) is 16.8. The number of benzene rings is 1. The molecule has 0 radical (unpaired) electrons. The molecule has 336 valence electrons. The van der Waals surface area contributed by atoms with E-state index in [9.17, 15) is 29.1 Å². The predicted octanol–water partition coefficient (Wildman–Crippen LogP) is 5.39. The number of nitrogens with zero attached hydrogens (tertiary/aromatic N) is 3. The number of carbonyl (C=O) groups excluding carboxylic acids is 5. The Balaban J connectivity index is 2.26. The molecule has 10 atom stereocenters. The number of carbonyl (C=O) groups is 5. The number of ether oxygens (including phenoxy) is 3. The molecular formula is C43H73N5O9S2. The van der Waals surface area contributed by atoms with Gasteiger partial charge in [0.15, 0.2) is 0 Å². The smallest absolute Gasteiger partial charge is 0.410 e. The van der Waals surface area contributed by atoms with Gasteiger partial charge in [-0.15, -0.1) is 0 Å². The maximum atomic E-state index is 14.4. The Morgan fingerprint density at radius 2 is 1.56 bits per heavy atom. The van der Waals surface area contributed by atoms with E-state index in [2.05, 4.69) is 10.6 Å². The molecule has 2 rings (SSSR count). The van der Waals surface area contributed by atoms with Crippen LogP contribution in [0.4, 0.5) is 4.79 Å². The van der Waals surface area contributed by atoms with Gasteiger partial charge in [-0.2, -0.15) is 0 Å². The second-order valence-electron chi connectivity index (χ2n) is 16.4. The van der Waals surface area contributed by atoms with Crippen LogP contribution in [-0.2, 0) is 33.4 Å². The van der Waals surface area contributed by atoms with Crippen molar-refractivity contribution < 1.29 is 43.3 Å². The van der Waals surface area contributed by atoms with Crippen molar-refractivity contribution in [2.24, 2.45) is 23.7 Å². The highest BCUT2D eigenvalue weighted by molar-refractivity contribution is 8.76. The lowest BCUT2D eigenvalue weighted by molar-refractivity contribution is -0.148. The summed E-state index contributed by atoms with van der Waals surface area (Å²) in [6.45, 7) is 15.6. The van der Waals surface area contributed by atoms with Gasteiger partial charge in [0.1, 0.15) is 18.7 Å². The maximum absolute atomic E-state index is 14.4. The van der Waals surface area contributed by atoms with Crippen molar-refractivity contribution in [3.8, 4) is 0 Å². The van der Waals surface area contributed by atoms with Crippen LogP contribution in [0.3, 0.4) is 0 Å². The number of likely N-dealkylation sites (N-methyl/N-ethyl adjacent to an activating group) is 2. The Morgan fingerprint density at radius 1 is 0.915 bits per heavy atom. The van der Waals surface area contributed by atoms with E-state index in [4.69, 9.17) is 14.2 Å². The molecule has 0 aromatic heterocycles. The minimum Gasteiger partial charge on any atom is -0.448 e. The minimum atomic E-state index is -0.925. The van der Waals surface area contributed by atoms with Crippen molar-refractivity contribution in [3.05, 3.63) is 35.9 Å². The zero-order valence-corrected chi connectivity index (χ0v) is 39.3. The number of rotatable bonds is 24. The van der Waals surface area contributed by atoms with Gasteiger partial charge in [-0.1, -0.05) is 107 Å². The molecule has 1 saturated heterocycles. The van der Waals surface area contributed by atoms with Gasteiger partial charge in [-0.3, -0.25) is 24.1 Å². The Labute approximate surface area is 361 Å². The molecule has 1 heterocycles. The fraction of sp³-hybridized carbons (Fsp3) is 0.744. The molecule has 0 spiro atoms. The topological polar surface area (TPSA) is 167 Å². The summed E-state index contributed by atoms with van der Waals surface area (Å²) >= 11 is 0. The van der Waals surface area contributed by atoms with E-state index in [0.717, 1.165) is 6.42 Å². The summed E-state index contributed by atoms with van der Waals surface area (Å²) < 4.78 is 17.4. The monoisotopic (exact) mass is 867 g/mol. The highest BCUT2D eigenvalue weighted by atomic mass is 33.1. The fourth-order valence-electron chi connectivity index (χ4n) is 8.04. The van der Waals surface area contributed by atoms with Crippen LogP contribution >= 0.6 is 21.6 Å². The average molecular weight is 868 g/mol. The molecule has 3 N–H and O–H groups in total. The Kier molecular flexibility index (Phi) is 22.7. The van der Waals surface area contributed by atoms with Crippen molar-refractivity contribution in [2.75, 3.05) is 53.5 Å². The fourth-order valence-corrected chi connectivity index (χ4v) is 9.06. The Hall–Kier alpha value is -3.05. The Bertz CT molecular complexity index is 1470. The molecule has 0 saturated carbocycles. The lowest BCUT2D eigenvalue weighted by Gasteiger charge is -2.41. The third kappa shape index (κ3) is 14.5. The number of hydrogen-bond donors (Lipinski definition) is 3. The van der Waals surface area contributed by atoms with E-state index in [1.54, 1.807) is 59.4 Å². The molecule has 1 aliphatic heterocycles. The lowest BCUT2D eigenvalue weighted by Crippen LogP contribution is -2.60. The van der Waals surface area contributed by atoms with Gasteiger partial charge in [0, 0.05) is 40.6 Å². The lowest BCUT2D eigenvalue weighted by atomic mass is 9.89.